The van der Waals surface area contributed by atoms with E-state index in [4.69, 9.17) is 18.5 Å². The van der Waals surface area contributed by atoms with Crippen LogP contribution in [-0.4, -0.2) is 62.3 Å². The number of urea groups is 1. The maximum absolute atomic E-state index is 12.3. The first kappa shape index (κ1) is 22.6. The van der Waals surface area contributed by atoms with Crippen molar-refractivity contribution in [2.45, 2.75) is 33.3 Å². The number of amides is 3. The number of hydrogen-bond acceptors (Lipinski definition) is 8. The van der Waals surface area contributed by atoms with Gasteiger partial charge in [-0.15, -0.1) is 0 Å². The number of nitrogens with zero attached hydrogens (tertiary/aromatic N) is 1. The Morgan fingerprint density at radius 3 is 2.50 bits per heavy atom. The molecule has 10 nitrogen and oxygen atoms in total. The zero-order valence-corrected chi connectivity index (χ0v) is 16.3. The van der Waals surface area contributed by atoms with E-state index in [9.17, 15) is 14.2 Å². The molecule has 0 aliphatic carbocycles. The topological polar surface area (TPSA) is 115 Å². The third-order valence-electron chi connectivity index (χ3n) is 3.24. The van der Waals surface area contributed by atoms with Gasteiger partial charge in [0.25, 0.3) is 5.91 Å². The molecule has 1 fully saturated rings. The van der Waals surface area contributed by atoms with Crippen molar-refractivity contribution in [2.75, 3.05) is 39.3 Å². The molecule has 0 saturated carbocycles. The fourth-order valence-electron chi connectivity index (χ4n) is 2.20. The molecule has 1 rings (SSSR count). The minimum absolute atomic E-state index is 0.139. The van der Waals surface area contributed by atoms with Crippen molar-refractivity contribution >= 4 is 19.5 Å². The summed E-state index contributed by atoms with van der Waals surface area (Å²) in [5, 5.41) is 3.76. The third kappa shape index (κ3) is 8.77. The normalized spacial score (nSPS) is 18.2. The van der Waals surface area contributed by atoms with Gasteiger partial charge in [-0.3, -0.25) is 20.1 Å². The van der Waals surface area contributed by atoms with Crippen molar-refractivity contribution < 1.29 is 32.7 Å². The van der Waals surface area contributed by atoms with Crippen LogP contribution in [0.3, 0.4) is 0 Å². The number of nitrogens with one attached hydrogen (secondary N) is 2. The van der Waals surface area contributed by atoms with Crippen molar-refractivity contribution in [1.82, 2.24) is 15.8 Å². The average molecular weight is 393 g/mol. The monoisotopic (exact) mass is 393 g/mol. The Morgan fingerprint density at radius 1 is 1.19 bits per heavy atom. The Balaban J connectivity index is 2.34. The number of rotatable bonds is 11. The van der Waals surface area contributed by atoms with Gasteiger partial charge in [-0.25, -0.2) is 9.80 Å². The zero-order chi connectivity index (χ0) is 19.4. The highest BCUT2D eigenvalue weighted by Crippen LogP contribution is 2.48. The largest absolute Gasteiger partial charge is 0.501 e. The summed E-state index contributed by atoms with van der Waals surface area (Å²) in [6.45, 7) is 7.15. The SMILES string of the molecule is CCO/C=C/C(=O)NC(=O)NN1CCC(OCP(=O)(OCC)OCC)C1. The highest BCUT2D eigenvalue weighted by molar-refractivity contribution is 7.53. The first-order chi connectivity index (χ1) is 12.4. The molecule has 2 N–H and O–H groups in total. The van der Waals surface area contributed by atoms with Gasteiger partial charge in [-0.1, -0.05) is 0 Å². The first-order valence-corrected chi connectivity index (χ1v) is 10.3. The Hall–Kier alpha value is -1.45. The lowest BCUT2D eigenvalue weighted by molar-refractivity contribution is -0.115. The van der Waals surface area contributed by atoms with Crippen LogP contribution in [0.1, 0.15) is 27.2 Å². The van der Waals surface area contributed by atoms with Crippen LogP contribution in [0.5, 0.6) is 0 Å². The summed E-state index contributed by atoms with van der Waals surface area (Å²) in [5.41, 5.74) is 2.55. The molecule has 26 heavy (non-hydrogen) atoms. The number of carbonyl (C=O) groups excluding carboxylic acids is 2. The summed E-state index contributed by atoms with van der Waals surface area (Å²) in [6, 6.07) is -0.647. The molecule has 1 saturated heterocycles. The Morgan fingerprint density at radius 2 is 1.88 bits per heavy atom. The quantitative estimate of drug-likeness (QED) is 0.309. The lowest BCUT2D eigenvalue weighted by Gasteiger charge is -2.20. The molecule has 1 aliphatic rings. The van der Waals surface area contributed by atoms with Crippen molar-refractivity contribution in [3.63, 3.8) is 0 Å². The maximum Gasteiger partial charge on any atom is 0.356 e. The molecule has 0 aromatic carbocycles. The first-order valence-electron chi connectivity index (χ1n) is 8.56. The van der Waals surface area contributed by atoms with Gasteiger partial charge in [-0.05, 0) is 27.2 Å². The van der Waals surface area contributed by atoms with Gasteiger partial charge >= 0.3 is 13.6 Å². The maximum atomic E-state index is 12.3. The summed E-state index contributed by atoms with van der Waals surface area (Å²) in [5.74, 6) is -0.586. The molecule has 1 atom stereocenters. The van der Waals surface area contributed by atoms with Gasteiger partial charge in [0.2, 0.25) is 0 Å². The van der Waals surface area contributed by atoms with E-state index in [1.165, 1.54) is 6.26 Å². The molecule has 0 radical (unpaired) electrons. The van der Waals surface area contributed by atoms with Crippen LogP contribution in [0.25, 0.3) is 0 Å². The molecule has 0 aromatic rings. The predicted octanol–water partition coefficient (Wildman–Crippen LogP) is 1.59. The number of hydrogen-bond donors (Lipinski definition) is 2. The summed E-state index contributed by atoms with van der Waals surface area (Å²) < 4.78 is 33.2. The summed E-state index contributed by atoms with van der Waals surface area (Å²) in [6.07, 6.45) is 2.62. The van der Waals surface area contributed by atoms with E-state index >= 15 is 0 Å². The second-order valence-corrected chi connectivity index (χ2v) is 7.28. The molecule has 0 aromatic heterocycles. The van der Waals surface area contributed by atoms with E-state index in [0.29, 0.717) is 26.1 Å². The molecule has 1 heterocycles. The number of imide groups is 1. The van der Waals surface area contributed by atoms with Crippen molar-refractivity contribution in [2.24, 2.45) is 0 Å². The number of ether oxygens (including phenoxy) is 2. The van der Waals surface area contributed by atoms with Crippen LogP contribution in [0.2, 0.25) is 0 Å². The number of hydrazine groups is 1. The molecule has 1 unspecified atom stereocenters. The molecule has 3 amide bonds. The van der Waals surface area contributed by atoms with Crippen molar-refractivity contribution in [1.29, 1.82) is 0 Å². The van der Waals surface area contributed by atoms with Crippen molar-refractivity contribution in [3.05, 3.63) is 12.3 Å². The fourth-order valence-corrected chi connectivity index (χ4v) is 3.60. The van der Waals surface area contributed by atoms with Gasteiger partial charge < -0.3 is 18.5 Å². The standard InChI is InChI=1S/C15H28N3O7P/c1-4-22-10-8-14(19)16-15(20)17-18-9-7-13(11-18)23-12-26(21,24-5-2)25-6-3/h8,10,13H,4-7,9,11-12H2,1-3H3,(H2,16,17,19,20)/b10-8+. The average Bonchev–Trinajstić information content (AvgIpc) is 3.01. The molecule has 0 bridgehead atoms. The lowest BCUT2D eigenvalue weighted by atomic mass is 10.3. The highest BCUT2D eigenvalue weighted by atomic mass is 31.2. The minimum atomic E-state index is -3.26. The second-order valence-electron chi connectivity index (χ2n) is 5.29. The Labute approximate surface area is 153 Å². The van der Waals surface area contributed by atoms with Crippen LogP contribution < -0.4 is 10.7 Å². The third-order valence-corrected chi connectivity index (χ3v) is 5.01. The lowest BCUT2D eigenvalue weighted by Crippen LogP contribution is -2.48. The van der Waals surface area contributed by atoms with Gasteiger partial charge in [0, 0.05) is 19.2 Å². The molecular weight excluding hydrogens is 365 g/mol. The molecule has 11 heteroatoms. The van der Waals surface area contributed by atoms with Gasteiger partial charge in [-0.2, -0.15) is 0 Å². The molecular formula is C15H28N3O7P. The predicted molar refractivity (Wildman–Crippen MR) is 94.2 cm³/mol. The summed E-state index contributed by atoms with van der Waals surface area (Å²) in [4.78, 5) is 23.2. The smallest absolute Gasteiger partial charge is 0.356 e. The molecule has 0 spiro atoms. The second kappa shape index (κ2) is 12.0. The van der Waals surface area contributed by atoms with Gasteiger partial charge in [0.15, 0.2) is 0 Å². The van der Waals surface area contributed by atoms with E-state index < -0.39 is 19.5 Å². The summed E-state index contributed by atoms with van der Waals surface area (Å²) in [7, 11) is -3.26. The minimum Gasteiger partial charge on any atom is -0.501 e. The van der Waals surface area contributed by atoms with Crippen LogP contribution in [-0.2, 0) is 27.9 Å². The van der Waals surface area contributed by atoms with Crippen LogP contribution in [0, 0.1) is 0 Å². The highest BCUT2D eigenvalue weighted by Gasteiger charge is 2.30. The van der Waals surface area contributed by atoms with Gasteiger partial charge in [0.05, 0.1) is 32.2 Å². The van der Waals surface area contributed by atoms with E-state index in [0.717, 1.165) is 6.08 Å². The van der Waals surface area contributed by atoms with Crippen LogP contribution in [0.15, 0.2) is 12.3 Å². The van der Waals surface area contributed by atoms with Crippen LogP contribution in [0.4, 0.5) is 4.79 Å². The van der Waals surface area contributed by atoms with Crippen molar-refractivity contribution in [3.8, 4) is 0 Å². The molecule has 150 valence electrons. The van der Waals surface area contributed by atoms with Gasteiger partial charge in [0.1, 0.15) is 6.35 Å². The van der Waals surface area contributed by atoms with Crippen LogP contribution >= 0.6 is 7.60 Å². The number of carbonyl (C=O) groups is 2. The molecule has 1 aliphatic heterocycles. The van der Waals surface area contributed by atoms with E-state index in [-0.39, 0.29) is 25.7 Å². The zero-order valence-electron chi connectivity index (χ0n) is 15.4. The fraction of sp³-hybridized carbons (Fsp3) is 0.733. The van der Waals surface area contributed by atoms with E-state index in [2.05, 4.69) is 10.7 Å². The summed E-state index contributed by atoms with van der Waals surface area (Å²) >= 11 is 0. The Kier molecular flexibility index (Phi) is 10.5. The van der Waals surface area contributed by atoms with E-state index in [1.54, 1.807) is 25.8 Å². The Bertz CT molecular complexity index is 519. The van der Waals surface area contributed by atoms with E-state index in [1.807, 2.05) is 0 Å².